The smallest absolute Gasteiger partial charge is 0.335 e. The Labute approximate surface area is 295 Å². The zero-order chi connectivity index (χ0) is 35.3. The van der Waals surface area contributed by atoms with Crippen molar-refractivity contribution in [3.05, 3.63) is 119 Å². The van der Waals surface area contributed by atoms with Crippen molar-refractivity contribution >= 4 is 44.9 Å². The van der Waals surface area contributed by atoms with E-state index in [-0.39, 0.29) is 16.4 Å². The van der Waals surface area contributed by atoms with Crippen molar-refractivity contribution in [1.29, 1.82) is 0 Å². The summed E-state index contributed by atoms with van der Waals surface area (Å²) in [4.78, 5) is 26.4. The van der Waals surface area contributed by atoms with Crippen molar-refractivity contribution in [1.82, 2.24) is 9.78 Å². The van der Waals surface area contributed by atoms with Gasteiger partial charge < -0.3 is 19.5 Å². The number of aromatic nitrogens is 2. The number of amides is 1. The molecule has 4 aromatic carbocycles. The summed E-state index contributed by atoms with van der Waals surface area (Å²) in [5, 5.41) is 14.4. The minimum Gasteiger partial charge on any atom is -0.493 e. The second kappa shape index (κ2) is 15.1. The number of rotatable bonds is 12. The molecule has 1 aliphatic rings. The third-order valence-electron chi connectivity index (χ3n) is 8.23. The number of fused-ring (bicyclic) bond motifs is 1. The fraction of sp³-hybridized carbons (Fsp3) is 0.216. The maximum Gasteiger partial charge on any atom is 0.335 e. The first kappa shape index (κ1) is 34.5. The fourth-order valence-corrected chi connectivity index (χ4v) is 6.96. The first-order valence-corrected chi connectivity index (χ1v) is 17.9. The van der Waals surface area contributed by atoms with Crippen LogP contribution in [0.1, 0.15) is 40.7 Å². The van der Waals surface area contributed by atoms with E-state index in [1.807, 2.05) is 55.6 Å². The van der Waals surface area contributed by atoms with Gasteiger partial charge in [0.25, 0.3) is 10.0 Å². The number of nitrogens with one attached hydrogen (secondary N) is 1. The maximum atomic E-state index is 13.4. The van der Waals surface area contributed by atoms with Gasteiger partial charge in [-0.1, -0.05) is 48.0 Å². The van der Waals surface area contributed by atoms with Gasteiger partial charge in [-0.05, 0) is 73.9 Å². The van der Waals surface area contributed by atoms with Gasteiger partial charge in [0.2, 0.25) is 5.91 Å². The zero-order valence-electron chi connectivity index (χ0n) is 27.2. The van der Waals surface area contributed by atoms with Crippen molar-refractivity contribution < 1.29 is 32.6 Å². The van der Waals surface area contributed by atoms with E-state index in [9.17, 15) is 23.1 Å². The summed E-state index contributed by atoms with van der Waals surface area (Å²) >= 11 is 6.20. The summed E-state index contributed by atoms with van der Waals surface area (Å²) in [5.74, 6) is 0.101. The lowest BCUT2D eigenvalue weighted by molar-refractivity contribution is -0.118. The van der Waals surface area contributed by atoms with Crippen LogP contribution < -0.4 is 19.1 Å². The third-order valence-corrected chi connectivity index (χ3v) is 10.0. The molecule has 0 bridgehead atoms. The van der Waals surface area contributed by atoms with E-state index in [0.29, 0.717) is 73.5 Å². The number of para-hydroxylation sites is 1. The van der Waals surface area contributed by atoms with Crippen molar-refractivity contribution in [2.75, 3.05) is 29.4 Å². The van der Waals surface area contributed by atoms with Crippen molar-refractivity contribution in [2.24, 2.45) is 0 Å². The van der Waals surface area contributed by atoms with Gasteiger partial charge in [0.05, 0.1) is 42.1 Å². The van der Waals surface area contributed by atoms with Crippen molar-refractivity contribution in [3.8, 4) is 22.6 Å². The second-order valence-electron chi connectivity index (χ2n) is 11.8. The Morgan fingerprint density at radius 1 is 1.04 bits per heavy atom. The minimum absolute atomic E-state index is 0.0129. The summed E-state index contributed by atoms with van der Waals surface area (Å²) in [5.41, 5.74) is 4.17. The third kappa shape index (κ3) is 7.93. The normalized spacial score (nSPS) is 12.8. The molecule has 1 aliphatic heterocycles. The Hall–Kier alpha value is -5.33. The number of anilines is 2. The summed E-state index contributed by atoms with van der Waals surface area (Å²) in [7, 11) is -4.02. The highest BCUT2D eigenvalue weighted by Gasteiger charge is 2.25. The number of aromatic carboxylic acids is 1. The molecular formula is C37H35ClN4O7S. The molecule has 0 spiro atoms. The number of hydrogen-bond acceptors (Lipinski definition) is 7. The number of carboxylic acid groups (broad SMARTS) is 1. The molecule has 0 atom stereocenters. The molecule has 2 N–H and O–H groups in total. The summed E-state index contributed by atoms with van der Waals surface area (Å²) in [6.07, 6.45) is 5.14. The second-order valence-corrected chi connectivity index (χ2v) is 13.9. The monoisotopic (exact) mass is 714 g/mol. The van der Waals surface area contributed by atoms with E-state index in [1.165, 1.54) is 18.2 Å². The van der Waals surface area contributed by atoms with E-state index >= 15 is 0 Å². The summed E-state index contributed by atoms with van der Waals surface area (Å²) < 4.78 is 42.3. The number of sulfonamides is 1. The lowest BCUT2D eigenvalue weighted by atomic mass is 10.1. The first-order valence-electron chi connectivity index (χ1n) is 16.0. The van der Waals surface area contributed by atoms with Crippen LogP contribution in [0, 0.1) is 6.92 Å². The van der Waals surface area contributed by atoms with Gasteiger partial charge in [-0.3, -0.25) is 14.2 Å². The van der Waals surface area contributed by atoms with Crippen LogP contribution in [-0.4, -0.2) is 54.9 Å². The molecule has 0 unspecified atom stereocenters. The lowest BCUT2D eigenvalue weighted by Gasteiger charge is -2.23. The average Bonchev–Trinajstić information content (AvgIpc) is 3.45. The van der Waals surface area contributed by atoms with Gasteiger partial charge in [0.15, 0.2) is 5.75 Å². The number of nitrogens with zero attached hydrogens (tertiary/aromatic N) is 3. The molecule has 0 radical (unpaired) electrons. The molecule has 0 aliphatic carbocycles. The minimum atomic E-state index is -4.02. The molecule has 50 heavy (non-hydrogen) atoms. The van der Waals surface area contributed by atoms with Gasteiger partial charge in [0.1, 0.15) is 5.75 Å². The van der Waals surface area contributed by atoms with Crippen LogP contribution in [-0.2, 0) is 21.4 Å². The predicted molar refractivity (Wildman–Crippen MR) is 191 cm³/mol. The van der Waals surface area contributed by atoms with Crippen LogP contribution in [0.4, 0.5) is 11.4 Å². The molecule has 11 nitrogen and oxygen atoms in total. The fourth-order valence-electron chi connectivity index (χ4n) is 5.70. The highest BCUT2D eigenvalue weighted by molar-refractivity contribution is 7.92. The van der Waals surface area contributed by atoms with E-state index in [1.54, 1.807) is 34.0 Å². The van der Waals surface area contributed by atoms with E-state index in [2.05, 4.69) is 9.82 Å². The Kier molecular flexibility index (Phi) is 10.4. The van der Waals surface area contributed by atoms with Crippen LogP contribution >= 0.6 is 11.6 Å². The topological polar surface area (TPSA) is 140 Å². The molecule has 1 amide bonds. The maximum absolute atomic E-state index is 13.4. The quantitative estimate of drug-likeness (QED) is 0.131. The number of ether oxygens (including phenoxy) is 2. The molecular weight excluding hydrogens is 680 g/mol. The molecule has 13 heteroatoms. The predicted octanol–water partition coefficient (Wildman–Crippen LogP) is 7.03. The van der Waals surface area contributed by atoms with Gasteiger partial charge in [-0.2, -0.15) is 5.10 Å². The Morgan fingerprint density at radius 3 is 2.68 bits per heavy atom. The molecule has 1 aromatic heterocycles. The Morgan fingerprint density at radius 2 is 1.84 bits per heavy atom. The standard InChI is InChI=1S/C37H35ClN4O7S/c1-25-32(38)13-5-15-34(25)48-18-6-16-35(43)42-17-7-19-49-36-31(12-4-14-33(36)42)28-22-39-41(24-28)23-26-8-2-10-29(20-26)40-50(46,47)30-11-3-9-27(21-30)37(44)45/h2-5,8-15,20-22,24,40H,6-7,16-19,23H2,1H3,(H,44,45). The number of benzene rings is 4. The van der Waals surface area contributed by atoms with Crippen molar-refractivity contribution in [3.63, 3.8) is 0 Å². The first-order chi connectivity index (χ1) is 24.1. The average molecular weight is 715 g/mol. The highest BCUT2D eigenvalue weighted by atomic mass is 35.5. The van der Waals surface area contributed by atoms with Gasteiger partial charge in [-0.25, -0.2) is 13.2 Å². The number of carbonyl (C=O) groups is 2. The van der Waals surface area contributed by atoms with Crippen molar-refractivity contribution in [2.45, 2.75) is 37.6 Å². The van der Waals surface area contributed by atoms with E-state index in [0.717, 1.165) is 28.3 Å². The van der Waals surface area contributed by atoms with Crippen LogP contribution in [0.25, 0.3) is 11.1 Å². The Bertz CT molecular complexity index is 2150. The van der Waals surface area contributed by atoms with Crippen LogP contribution in [0.2, 0.25) is 5.02 Å². The molecule has 0 saturated carbocycles. The number of halogens is 1. The largest absolute Gasteiger partial charge is 0.493 e. The van der Waals surface area contributed by atoms with Crippen LogP contribution in [0.5, 0.6) is 11.5 Å². The molecule has 5 aromatic rings. The van der Waals surface area contributed by atoms with Crippen LogP contribution in [0.3, 0.4) is 0 Å². The molecule has 2 heterocycles. The number of hydrogen-bond donors (Lipinski definition) is 2. The SMILES string of the molecule is Cc1c(Cl)cccc1OCCCC(=O)N1CCCOc2c(-c3cnn(Cc4cccc(NS(=O)(=O)c5cccc(C(=O)O)c5)c4)c3)cccc21. The Balaban J connectivity index is 1.13. The molecule has 0 fully saturated rings. The molecule has 0 saturated heterocycles. The molecule has 258 valence electrons. The zero-order valence-corrected chi connectivity index (χ0v) is 28.8. The van der Waals surface area contributed by atoms with Gasteiger partial charge in [-0.15, -0.1) is 0 Å². The summed E-state index contributed by atoms with van der Waals surface area (Å²) in [6, 6.07) is 23.3. The van der Waals surface area contributed by atoms with Gasteiger partial charge in [0, 0.05) is 46.6 Å². The lowest BCUT2D eigenvalue weighted by Crippen LogP contribution is -2.31. The van der Waals surface area contributed by atoms with E-state index < -0.39 is 16.0 Å². The van der Waals surface area contributed by atoms with Crippen LogP contribution in [0.15, 0.2) is 102 Å². The van der Waals surface area contributed by atoms with Gasteiger partial charge >= 0.3 is 5.97 Å². The van der Waals surface area contributed by atoms with E-state index in [4.69, 9.17) is 21.1 Å². The number of carboxylic acids is 1. The molecule has 6 rings (SSSR count). The highest BCUT2D eigenvalue weighted by Crippen LogP contribution is 2.40. The summed E-state index contributed by atoms with van der Waals surface area (Å²) in [6.45, 7) is 3.63. The number of carbonyl (C=O) groups excluding carboxylic acids is 1.